The minimum atomic E-state index is -0.452. The lowest BCUT2D eigenvalue weighted by atomic mass is 9.97. The highest BCUT2D eigenvalue weighted by Gasteiger charge is 2.35. The number of carbonyl (C=O) groups excluding carboxylic acids is 1. The number of hydrogen-bond acceptors (Lipinski definition) is 3. The summed E-state index contributed by atoms with van der Waals surface area (Å²) in [4.78, 5) is 14.0. The highest BCUT2D eigenvalue weighted by Crippen LogP contribution is 2.39. The number of fused-ring (bicyclic) bond motifs is 3. The number of amides is 1. The van der Waals surface area contributed by atoms with Crippen LogP contribution in [0.2, 0.25) is 0 Å². The van der Waals surface area contributed by atoms with E-state index in [0.717, 1.165) is 31.5 Å². The maximum Gasteiger partial charge on any atom is 0.247 e. The average molecular weight is 250 g/mol. The van der Waals surface area contributed by atoms with Crippen molar-refractivity contribution in [3.05, 3.63) is 17.9 Å². The van der Waals surface area contributed by atoms with Crippen LogP contribution < -0.4 is 15.0 Å². The van der Waals surface area contributed by atoms with Crippen molar-refractivity contribution >= 4 is 17.3 Å². The van der Waals surface area contributed by atoms with Gasteiger partial charge in [-0.1, -0.05) is 0 Å². The Bertz CT molecular complexity index is 504. The van der Waals surface area contributed by atoms with Gasteiger partial charge in [-0.2, -0.15) is 0 Å². The van der Waals surface area contributed by atoms with E-state index in [1.54, 1.807) is 6.07 Å². The standard InChI is InChI=1S/C13H15FN2O2/c1-18-12-7-11-9(6-8(12)14)15-13(17)10-4-2-3-5-16(10)11/h6-7,10H,2-5H2,1H3,(H,15,17). The van der Waals surface area contributed by atoms with Crippen LogP contribution in [-0.2, 0) is 4.79 Å². The molecular formula is C13H15FN2O2. The summed E-state index contributed by atoms with van der Waals surface area (Å²) in [5.41, 5.74) is 1.40. The second kappa shape index (κ2) is 4.15. The molecule has 2 aliphatic rings. The Balaban J connectivity index is 2.08. The van der Waals surface area contributed by atoms with Gasteiger partial charge in [-0.15, -0.1) is 0 Å². The smallest absolute Gasteiger partial charge is 0.247 e. The van der Waals surface area contributed by atoms with Crippen LogP contribution in [0.3, 0.4) is 0 Å². The summed E-state index contributed by atoms with van der Waals surface area (Å²) in [5.74, 6) is -0.270. The molecule has 1 saturated heterocycles. The Labute approximate surface area is 105 Å². The first-order valence-electron chi connectivity index (χ1n) is 6.16. The van der Waals surface area contributed by atoms with Crippen molar-refractivity contribution in [2.24, 2.45) is 0 Å². The van der Waals surface area contributed by atoms with Gasteiger partial charge in [0.25, 0.3) is 0 Å². The van der Waals surface area contributed by atoms with Gasteiger partial charge in [0.05, 0.1) is 18.5 Å². The van der Waals surface area contributed by atoms with Gasteiger partial charge in [0.2, 0.25) is 5.91 Å². The third-order valence-electron chi connectivity index (χ3n) is 3.64. The predicted octanol–water partition coefficient (Wildman–Crippen LogP) is 2.15. The van der Waals surface area contributed by atoms with Crippen molar-refractivity contribution in [1.29, 1.82) is 0 Å². The maximum atomic E-state index is 13.6. The van der Waals surface area contributed by atoms with Crippen molar-refractivity contribution in [3.63, 3.8) is 0 Å². The Kier molecular flexibility index (Phi) is 2.61. The zero-order chi connectivity index (χ0) is 12.7. The molecule has 1 fully saturated rings. The van der Waals surface area contributed by atoms with E-state index in [0.29, 0.717) is 5.69 Å². The lowest BCUT2D eigenvalue weighted by Gasteiger charge is -2.41. The predicted molar refractivity (Wildman–Crippen MR) is 66.6 cm³/mol. The summed E-state index contributed by atoms with van der Waals surface area (Å²) in [7, 11) is 1.44. The largest absolute Gasteiger partial charge is 0.494 e. The van der Waals surface area contributed by atoms with Crippen LogP contribution >= 0.6 is 0 Å². The summed E-state index contributed by atoms with van der Waals surface area (Å²) in [6, 6.07) is 2.88. The van der Waals surface area contributed by atoms with Gasteiger partial charge in [-0.25, -0.2) is 4.39 Å². The topological polar surface area (TPSA) is 41.6 Å². The molecule has 3 rings (SSSR count). The minimum absolute atomic E-state index is 0.0354. The van der Waals surface area contributed by atoms with E-state index in [1.807, 2.05) is 0 Å². The van der Waals surface area contributed by atoms with Crippen molar-refractivity contribution in [2.75, 3.05) is 23.9 Å². The molecule has 1 atom stereocenters. The zero-order valence-electron chi connectivity index (χ0n) is 10.2. The maximum absolute atomic E-state index is 13.6. The average Bonchev–Trinajstić information content (AvgIpc) is 2.38. The van der Waals surface area contributed by atoms with Crippen molar-refractivity contribution in [3.8, 4) is 5.75 Å². The number of nitrogens with one attached hydrogen (secondary N) is 1. The molecule has 18 heavy (non-hydrogen) atoms. The first-order chi connectivity index (χ1) is 8.70. The highest BCUT2D eigenvalue weighted by molar-refractivity contribution is 6.03. The van der Waals surface area contributed by atoms with Crippen LogP contribution in [0.4, 0.5) is 15.8 Å². The van der Waals surface area contributed by atoms with Gasteiger partial charge >= 0.3 is 0 Å². The number of benzene rings is 1. The second-order valence-corrected chi connectivity index (χ2v) is 4.70. The van der Waals surface area contributed by atoms with E-state index >= 15 is 0 Å². The van der Waals surface area contributed by atoms with Crippen molar-refractivity contribution in [2.45, 2.75) is 25.3 Å². The van der Waals surface area contributed by atoms with Crippen LogP contribution in [0, 0.1) is 5.82 Å². The van der Waals surface area contributed by atoms with Crippen molar-refractivity contribution < 1.29 is 13.9 Å². The third-order valence-corrected chi connectivity index (χ3v) is 3.64. The number of piperidine rings is 1. The first-order valence-corrected chi connectivity index (χ1v) is 6.16. The van der Waals surface area contributed by atoms with E-state index in [1.165, 1.54) is 13.2 Å². The van der Waals surface area contributed by atoms with E-state index in [4.69, 9.17) is 4.74 Å². The summed E-state index contributed by atoms with van der Waals surface area (Å²) >= 11 is 0. The van der Waals surface area contributed by atoms with Gasteiger partial charge in [-0.05, 0) is 19.3 Å². The molecule has 0 aliphatic carbocycles. The van der Waals surface area contributed by atoms with E-state index in [-0.39, 0.29) is 17.7 Å². The van der Waals surface area contributed by atoms with Crippen LogP contribution in [0.25, 0.3) is 0 Å². The summed E-state index contributed by atoms with van der Waals surface area (Å²) in [6.45, 7) is 0.833. The molecule has 96 valence electrons. The van der Waals surface area contributed by atoms with Crippen LogP contribution in [-0.4, -0.2) is 25.6 Å². The number of carbonyl (C=O) groups is 1. The van der Waals surface area contributed by atoms with Crippen molar-refractivity contribution in [1.82, 2.24) is 0 Å². The molecule has 1 unspecified atom stereocenters. The van der Waals surface area contributed by atoms with Crippen LogP contribution in [0.15, 0.2) is 12.1 Å². The zero-order valence-corrected chi connectivity index (χ0v) is 10.2. The minimum Gasteiger partial charge on any atom is -0.494 e. The number of nitrogens with zero attached hydrogens (tertiary/aromatic N) is 1. The monoisotopic (exact) mass is 250 g/mol. The molecule has 0 bridgehead atoms. The Morgan fingerprint density at radius 2 is 2.28 bits per heavy atom. The molecule has 1 aromatic rings. The fourth-order valence-corrected chi connectivity index (χ4v) is 2.75. The summed E-state index contributed by atoms with van der Waals surface area (Å²) < 4.78 is 18.6. The molecule has 1 N–H and O–H groups in total. The number of anilines is 2. The Hall–Kier alpha value is -1.78. The molecule has 0 spiro atoms. The molecule has 0 aromatic heterocycles. The second-order valence-electron chi connectivity index (χ2n) is 4.70. The SMILES string of the molecule is COc1cc2c(cc1F)NC(=O)C1CCCCN21. The van der Waals surface area contributed by atoms with Gasteiger partial charge in [0, 0.05) is 18.7 Å². The van der Waals surface area contributed by atoms with Crippen LogP contribution in [0.1, 0.15) is 19.3 Å². The molecule has 4 nitrogen and oxygen atoms in total. The number of halogens is 1. The van der Waals surface area contributed by atoms with Gasteiger partial charge < -0.3 is 15.0 Å². The molecular weight excluding hydrogens is 235 g/mol. The van der Waals surface area contributed by atoms with E-state index in [2.05, 4.69) is 10.2 Å². The number of hydrogen-bond donors (Lipinski definition) is 1. The highest BCUT2D eigenvalue weighted by atomic mass is 19.1. The molecule has 1 aromatic carbocycles. The molecule has 1 amide bonds. The normalized spacial score (nSPS) is 22.0. The summed E-state index contributed by atoms with van der Waals surface area (Å²) in [5, 5.41) is 2.78. The fourth-order valence-electron chi connectivity index (χ4n) is 2.75. The number of methoxy groups -OCH3 is 1. The van der Waals surface area contributed by atoms with Gasteiger partial charge in [-0.3, -0.25) is 4.79 Å². The van der Waals surface area contributed by atoms with Gasteiger partial charge in [0.1, 0.15) is 6.04 Å². The third kappa shape index (κ3) is 1.62. The fraction of sp³-hybridized carbons (Fsp3) is 0.462. The first kappa shape index (κ1) is 11.3. The molecule has 2 aliphatic heterocycles. The lowest BCUT2D eigenvalue weighted by molar-refractivity contribution is -0.118. The summed E-state index contributed by atoms with van der Waals surface area (Å²) in [6.07, 6.45) is 2.97. The van der Waals surface area contributed by atoms with E-state index in [9.17, 15) is 9.18 Å². The quantitative estimate of drug-likeness (QED) is 0.830. The molecule has 0 radical (unpaired) electrons. The molecule has 2 heterocycles. The Morgan fingerprint density at radius 1 is 1.44 bits per heavy atom. The van der Waals surface area contributed by atoms with E-state index < -0.39 is 5.82 Å². The Morgan fingerprint density at radius 3 is 3.06 bits per heavy atom. The molecule has 0 saturated carbocycles. The lowest BCUT2D eigenvalue weighted by Crippen LogP contribution is -2.50. The number of ether oxygens (including phenoxy) is 1. The van der Waals surface area contributed by atoms with Crippen LogP contribution in [0.5, 0.6) is 5.75 Å². The number of rotatable bonds is 1. The molecule has 5 heteroatoms. The van der Waals surface area contributed by atoms with Gasteiger partial charge in [0.15, 0.2) is 11.6 Å².